The van der Waals surface area contributed by atoms with E-state index in [-0.39, 0.29) is 11.4 Å². The third-order valence-electron chi connectivity index (χ3n) is 7.33. The first-order chi connectivity index (χ1) is 14.8. The summed E-state index contributed by atoms with van der Waals surface area (Å²) < 4.78 is 19.7. The van der Waals surface area contributed by atoms with Crippen molar-refractivity contribution in [2.75, 3.05) is 32.7 Å². The third-order valence-corrected chi connectivity index (χ3v) is 7.33. The van der Waals surface area contributed by atoms with E-state index < -0.39 is 0 Å². The summed E-state index contributed by atoms with van der Waals surface area (Å²) >= 11 is 0. The van der Waals surface area contributed by atoms with Gasteiger partial charge in [-0.3, -0.25) is 4.90 Å². The monoisotopic (exact) mass is 426 g/mol. The largest absolute Gasteiger partial charge is 0.507 e. The molecule has 2 aliphatic heterocycles. The number of ether oxygens (including phenoxy) is 1. The van der Waals surface area contributed by atoms with Gasteiger partial charge in [-0.15, -0.1) is 0 Å². The number of piperazine rings is 1. The predicted octanol–water partition coefficient (Wildman–Crippen LogP) is 4.75. The van der Waals surface area contributed by atoms with Gasteiger partial charge in [0.2, 0.25) is 0 Å². The molecule has 0 bridgehead atoms. The smallest absolute Gasteiger partial charge is 0.127 e. The molecule has 1 N–H and O–H groups in total. The molecular weight excluding hydrogens is 391 g/mol. The van der Waals surface area contributed by atoms with Gasteiger partial charge >= 0.3 is 0 Å². The number of benzene rings is 2. The Morgan fingerprint density at radius 2 is 1.61 bits per heavy atom. The summed E-state index contributed by atoms with van der Waals surface area (Å²) in [4.78, 5) is 4.98. The van der Waals surface area contributed by atoms with Crippen LogP contribution in [-0.2, 0) is 13.0 Å². The van der Waals surface area contributed by atoms with Gasteiger partial charge < -0.3 is 14.7 Å². The second-order valence-electron chi connectivity index (χ2n) is 9.58. The highest BCUT2D eigenvalue weighted by Crippen LogP contribution is 2.44. The number of phenolic OH excluding ortho intramolecular Hbond substituents is 1. The van der Waals surface area contributed by atoms with E-state index >= 15 is 0 Å². The molecule has 1 atom stereocenters. The molecule has 4 nitrogen and oxygen atoms in total. The molecule has 0 aliphatic carbocycles. The molecule has 0 amide bonds. The lowest BCUT2D eigenvalue weighted by Crippen LogP contribution is -2.48. The summed E-state index contributed by atoms with van der Waals surface area (Å²) in [6.07, 6.45) is 2.94. The summed E-state index contributed by atoms with van der Waals surface area (Å²) in [5.74, 6) is 1.24. The standard InChI is InChI=1S/C26H35FN2O2/c1-18-19(2)25-23(20(3)24(18)30)9-10-26(4,31-25)11-12-28-13-15-29(16-14-28)17-21-5-7-22(27)8-6-21/h5-8,30H,9-17H2,1-4H3. The first-order valence-corrected chi connectivity index (χ1v) is 11.5. The zero-order valence-corrected chi connectivity index (χ0v) is 19.3. The van der Waals surface area contributed by atoms with Gasteiger partial charge in [-0.1, -0.05) is 12.1 Å². The van der Waals surface area contributed by atoms with Crippen molar-refractivity contribution in [1.82, 2.24) is 9.80 Å². The quantitative estimate of drug-likeness (QED) is 0.749. The maximum atomic E-state index is 13.1. The second-order valence-corrected chi connectivity index (χ2v) is 9.58. The maximum absolute atomic E-state index is 13.1. The van der Waals surface area contributed by atoms with Crippen LogP contribution in [-0.4, -0.2) is 53.2 Å². The van der Waals surface area contributed by atoms with Crippen molar-refractivity contribution in [2.24, 2.45) is 0 Å². The van der Waals surface area contributed by atoms with Gasteiger partial charge in [0, 0.05) is 44.8 Å². The first kappa shape index (κ1) is 22.1. The van der Waals surface area contributed by atoms with Crippen LogP contribution in [0, 0.1) is 26.6 Å². The lowest BCUT2D eigenvalue weighted by atomic mass is 9.85. The molecule has 0 spiro atoms. The zero-order chi connectivity index (χ0) is 22.2. The number of fused-ring (bicyclic) bond motifs is 1. The topological polar surface area (TPSA) is 35.9 Å². The Hall–Kier alpha value is -2.11. The first-order valence-electron chi connectivity index (χ1n) is 11.5. The Kier molecular flexibility index (Phi) is 6.27. The number of rotatable bonds is 5. The molecule has 1 fully saturated rings. The molecule has 1 unspecified atom stereocenters. The van der Waals surface area contributed by atoms with Gasteiger partial charge in [0.25, 0.3) is 0 Å². The van der Waals surface area contributed by atoms with Crippen LogP contribution >= 0.6 is 0 Å². The molecule has 4 rings (SSSR count). The van der Waals surface area contributed by atoms with E-state index in [9.17, 15) is 9.50 Å². The molecular formula is C26H35FN2O2. The summed E-state index contributed by atoms with van der Waals surface area (Å²) in [5.41, 5.74) is 5.14. The Labute approximate surface area is 185 Å². The van der Waals surface area contributed by atoms with Crippen LogP contribution < -0.4 is 4.74 Å². The lowest BCUT2D eigenvalue weighted by Gasteiger charge is -2.40. The Bertz CT molecular complexity index is 936. The Morgan fingerprint density at radius 3 is 2.29 bits per heavy atom. The third kappa shape index (κ3) is 4.73. The molecule has 1 saturated heterocycles. The zero-order valence-electron chi connectivity index (χ0n) is 19.3. The average Bonchev–Trinajstić information content (AvgIpc) is 2.77. The fourth-order valence-corrected chi connectivity index (χ4v) is 4.88. The molecule has 31 heavy (non-hydrogen) atoms. The number of phenols is 1. The van der Waals surface area contributed by atoms with Gasteiger partial charge in [-0.05, 0) is 81.3 Å². The highest BCUT2D eigenvalue weighted by Gasteiger charge is 2.35. The van der Waals surface area contributed by atoms with Crippen LogP contribution in [0.5, 0.6) is 11.5 Å². The highest BCUT2D eigenvalue weighted by atomic mass is 19.1. The molecule has 0 aromatic heterocycles. The molecule has 0 radical (unpaired) electrons. The minimum atomic E-state index is -0.174. The van der Waals surface area contributed by atoms with Crippen LogP contribution in [0.2, 0.25) is 0 Å². The molecule has 0 saturated carbocycles. The molecule has 5 heteroatoms. The molecule has 2 aliphatic rings. The van der Waals surface area contributed by atoms with Crippen LogP contribution in [0.3, 0.4) is 0 Å². The Morgan fingerprint density at radius 1 is 0.968 bits per heavy atom. The van der Waals surface area contributed by atoms with Gasteiger partial charge in [0.05, 0.1) is 0 Å². The lowest BCUT2D eigenvalue weighted by molar-refractivity contribution is 0.0351. The molecule has 2 aromatic carbocycles. The van der Waals surface area contributed by atoms with E-state index in [1.54, 1.807) is 12.1 Å². The fourth-order valence-electron chi connectivity index (χ4n) is 4.88. The van der Waals surface area contributed by atoms with Crippen molar-refractivity contribution in [3.63, 3.8) is 0 Å². The van der Waals surface area contributed by atoms with Gasteiger partial charge in [-0.2, -0.15) is 0 Å². The number of hydrogen-bond donors (Lipinski definition) is 1. The van der Waals surface area contributed by atoms with E-state index in [0.717, 1.165) is 81.0 Å². The molecule has 2 aromatic rings. The van der Waals surface area contributed by atoms with Gasteiger partial charge in [0.1, 0.15) is 22.9 Å². The maximum Gasteiger partial charge on any atom is 0.127 e. The van der Waals surface area contributed by atoms with Crippen molar-refractivity contribution in [3.05, 3.63) is 57.9 Å². The number of hydrogen-bond acceptors (Lipinski definition) is 4. The van der Waals surface area contributed by atoms with E-state index in [2.05, 4.69) is 23.6 Å². The normalized spacial score (nSPS) is 22.2. The summed E-state index contributed by atoms with van der Waals surface area (Å²) in [6.45, 7) is 14.4. The summed E-state index contributed by atoms with van der Waals surface area (Å²) in [5, 5.41) is 10.4. The van der Waals surface area contributed by atoms with E-state index in [1.807, 2.05) is 26.0 Å². The number of halogens is 1. The summed E-state index contributed by atoms with van der Waals surface area (Å²) in [7, 11) is 0. The SMILES string of the molecule is Cc1c(C)c2c(c(C)c1O)CCC(C)(CCN1CCN(Cc3ccc(F)cc3)CC1)O2. The van der Waals surface area contributed by atoms with Gasteiger partial charge in [0.15, 0.2) is 0 Å². The van der Waals surface area contributed by atoms with Crippen molar-refractivity contribution in [3.8, 4) is 11.5 Å². The predicted molar refractivity (Wildman–Crippen MR) is 122 cm³/mol. The number of aromatic hydroxyl groups is 1. The molecule has 2 heterocycles. The van der Waals surface area contributed by atoms with E-state index in [0.29, 0.717) is 5.75 Å². The van der Waals surface area contributed by atoms with Gasteiger partial charge in [-0.25, -0.2) is 4.39 Å². The van der Waals surface area contributed by atoms with Crippen LogP contribution in [0.1, 0.15) is 47.6 Å². The highest BCUT2D eigenvalue weighted by molar-refractivity contribution is 5.58. The minimum Gasteiger partial charge on any atom is -0.507 e. The van der Waals surface area contributed by atoms with Crippen molar-refractivity contribution in [1.29, 1.82) is 0 Å². The van der Waals surface area contributed by atoms with Crippen LogP contribution in [0.15, 0.2) is 24.3 Å². The van der Waals surface area contributed by atoms with E-state index in [1.165, 1.54) is 11.1 Å². The summed E-state index contributed by atoms with van der Waals surface area (Å²) in [6, 6.07) is 6.85. The minimum absolute atomic E-state index is 0.168. The average molecular weight is 427 g/mol. The second kappa shape index (κ2) is 8.79. The van der Waals surface area contributed by atoms with E-state index in [4.69, 9.17) is 4.74 Å². The molecule has 168 valence electrons. The van der Waals surface area contributed by atoms with Crippen molar-refractivity contribution >= 4 is 0 Å². The number of nitrogens with zero attached hydrogens (tertiary/aromatic N) is 2. The van der Waals surface area contributed by atoms with Crippen molar-refractivity contribution in [2.45, 2.75) is 59.1 Å². The Balaban J connectivity index is 1.31. The van der Waals surface area contributed by atoms with Crippen molar-refractivity contribution < 1.29 is 14.2 Å². The fraction of sp³-hybridized carbons (Fsp3) is 0.538. The van der Waals surface area contributed by atoms with Crippen LogP contribution in [0.4, 0.5) is 4.39 Å². The van der Waals surface area contributed by atoms with Crippen LogP contribution in [0.25, 0.3) is 0 Å².